The molecule has 0 saturated carbocycles. The summed E-state index contributed by atoms with van der Waals surface area (Å²) in [5, 5.41) is 0. The molecule has 0 radical (unpaired) electrons. The normalized spacial score (nSPS) is 13.1. The lowest BCUT2D eigenvalue weighted by molar-refractivity contribution is 0.101. The van der Waals surface area contributed by atoms with Crippen LogP contribution in [0.15, 0.2) is 24.3 Å². The molecule has 1 aromatic carbocycles. The van der Waals surface area contributed by atoms with E-state index in [-0.39, 0.29) is 11.3 Å². The zero-order valence-corrected chi connectivity index (χ0v) is 11.1. The lowest BCUT2D eigenvalue weighted by Gasteiger charge is -2.08. The molecule has 0 saturated heterocycles. The van der Waals surface area contributed by atoms with E-state index in [0.29, 0.717) is 5.75 Å². The molecule has 0 heterocycles. The van der Waals surface area contributed by atoms with Gasteiger partial charge in [-0.1, -0.05) is 18.5 Å². The fourth-order valence-electron chi connectivity index (χ4n) is 1.20. The van der Waals surface area contributed by atoms with Crippen molar-refractivity contribution in [2.45, 2.75) is 11.6 Å². The van der Waals surface area contributed by atoms with Crippen molar-refractivity contribution >= 4 is 27.2 Å². The maximum absolute atomic E-state index is 11.8. The highest BCUT2D eigenvalue weighted by atomic mass is 35.5. The van der Waals surface area contributed by atoms with E-state index in [4.69, 9.17) is 16.3 Å². The van der Waals surface area contributed by atoms with E-state index in [1.807, 2.05) is 0 Å². The highest BCUT2D eigenvalue weighted by molar-refractivity contribution is 7.94. The molecule has 0 fully saturated rings. The Labute approximate surface area is 105 Å². The highest BCUT2D eigenvalue weighted by Crippen LogP contribution is 2.17. The van der Waals surface area contributed by atoms with Crippen LogP contribution in [0.3, 0.4) is 0 Å². The minimum absolute atomic E-state index is 0.164. The maximum Gasteiger partial charge on any atom is 0.197 e. The van der Waals surface area contributed by atoms with Crippen LogP contribution in [0.1, 0.15) is 17.3 Å². The van der Waals surface area contributed by atoms with Gasteiger partial charge in [-0.25, -0.2) is 8.42 Å². The molecule has 0 aliphatic rings. The number of carbonyl (C=O) groups excluding carboxylic acids is 1. The Balaban J connectivity index is 2.97. The molecule has 1 atom stereocenters. The van der Waals surface area contributed by atoms with Crippen molar-refractivity contribution in [3.63, 3.8) is 0 Å². The number of benzene rings is 1. The number of ether oxygens (including phenoxy) is 1. The average molecular weight is 277 g/mol. The number of hydrogen-bond acceptors (Lipinski definition) is 4. The van der Waals surface area contributed by atoms with E-state index < -0.39 is 20.3 Å². The standard InChI is InChI=1S/C11H13ClO4S/c1-3-17(14,15)11(12)10(13)8-4-6-9(16-2)7-5-8/h4-7,11H,3H2,1-2H3/t11-/m0/s1. The molecule has 1 rings (SSSR count). The van der Waals surface area contributed by atoms with Gasteiger partial charge in [0, 0.05) is 11.3 Å². The van der Waals surface area contributed by atoms with Crippen molar-refractivity contribution in [1.29, 1.82) is 0 Å². The van der Waals surface area contributed by atoms with E-state index in [9.17, 15) is 13.2 Å². The quantitative estimate of drug-likeness (QED) is 0.608. The number of ketones is 1. The monoisotopic (exact) mass is 276 g/mol. The van der Waals surface area contributed by atoms with Gasteiger partial charge in [0.2, 0.25) is 0 Å². The summed E-state index contributed by atoms with van der Waals surface area (Å²) in [4.78, 5) is 11.8. The van der Waals surface area contributed by atoms with Crippen molar-refractivity contribution in [3.8, 4) is 5.75 Å². The van der Waals surface area contributed by atoms with Crippen molar-refractivity contribution in [1.82, 2.24) is 0 Å². The van der Waals surface area contributed by atoms with E-state index in [1.54, 1.807) is 12.1 Å². The summed E-state index contributed by atoms with van der Waals surface area (Å²) in [5.74, 6) is -0.189. The van der Waals surface area contributed by atoms with E-state index in [1.165, 1.54) is 26.2 Å². The number of carbonyl (C=O) groups is 1. The van der Waals surface area contributed by atoms with Gasteiger partial charge < -0.3 is 4.74 Å². The molecule has 0 aromatic heterocycles. The molecular formula is C11H13ClO4S. The van der Waals surface area contributed by atoms with Crippen molar-refractivity contribution < 1.29 is 17.9 Å². The predicted molar refractivity (Wildman–Crippen MR) is 66.4 cm³/mol. The molecule has 94 valence electrons. The number of alkyl halides is 1. The average Bonchev–Trinajstić information content (AvgIpc) is 2.37. The van der Waals surface area contributed by atoms with Gasteiger partial charge >= 0.3 is 0 Å². The van der Waals surface area contributed by atoms with Crippen molar-refractivity contribution in [3.05, 3.63) is 29.8 Å². The topological polar surface area (TPSA) is 60.4 Å². The summed E-state index contributed by atoms with van der Waals surface area (Å²) >= 11 is 5.66. The number of rotatable bonds is 5. The molecule has 0 amide bonds. The van der Waals surface area contributed by atoms with Crippen LogP contribution in [0.25, 0.3) is 0 Å². The Kier molecular flexibility index (Phi) is 4.54. The van der Waals surface area contributed by atoms with E-state index in [0.717, 1.165) is 0 Å². The Hall–Kier alpha value is -1.07. The second-order valence-corrected chi connectivity index (χ2v) is 6.43. The van der Waals surface area contributed by atoms with Crippen LogP contribution >= 0.6 is 11.6 Å². The first-order valence-electron chi connectivity index (χ1n) is 4.96. The second kappa shape index (κ2) is 5.51. The molecule has 0 N–H and O–H groups in total. The molecule has 6 heteroatoms. The van der Waals surface area contributed by atoms with Gasteiger partial charge in [0.1, 0.15) is 5.75 Å². The molecule has 1 aromatic rings. The van der Waals surface area contributed by atoms with Gasteiger partial charge in [0.05, 0.1) is 7.11 Å². The summed E-state index contributed by atoms with van der Waals surface area (Å²) in [6.45, 7) is 1.45. The molecule has 0 bridgehead atoms. The molecule has 0 spiro atoms. The second-order valence-electron chi connectivity index (χ2n) is 3.36. The van der Waals surface area contributed by atoms with Crippen LogP contribution in [-0.2, 0) is 9.84 Å². The molecule has 4 nitrogen and oxygen atoms in total. The van der Waals surface area contributed by atoms with Gasteiger partial charge in [0.25, 0.3) is 0 Å². The van der Waals surface area contributed by atoms with Gasteiger partial charge in [-0.3, -0.25) is 4.79 Å². The first-order valence-corrected chi connectivity index (χ1v) is 7.11. The van der Waals surface area contributed by atoms with Gasteiger partial charge in [-0.05, 0) is 24.3 Å². The van der Waals surface area contributed by atoms with Crippen LogP contribution < -0.4 is 4.74 Å². The van der Waals surface area contributed by atoms with Crippen LogP contribution in [-0.4, -0.2) is 31.8 Å². The molecular weight excluding hydrogens is 264 g/mol. The van der Waals surface area contributed by atoms with Crippen LogP contribution in [0, 0.1) is 0 Å². The number of Topliss-reactive ketones (excluding diaryl/α,β-unsaturated/α-hetero) is 1. The largest absolute Gasteiger partial charge is 0.497 e. The minimum atomic E-state index is -3.58. The first kappa shape index (κ1) is 14.0. The van der Waals surface area contributed by atoms with Gasteiger partial charge in [-0.2, -0.15) is 0 Å². The highest BCUT2D eigenvalue weighted by Gasteiger charge is 2.29. The summed E-state index contributed by atoms with van der Waals surface area (Å²) < 4.78 is 26.3. The van der Waals surface area contributed by atoms with Crippen LogP contribution in [0.5, 0.6) is 5.75 Å². The van der Waals surface area contributed by atoms with Crippen molar-refractivity contribution in [2.75, 3.05) is 12.9 Å². The summed E-state index contributed by atoms with van der Waals surface area (Å²) in [6.07, 6.45) is 0. The third-order valence-corrected chi connectivity index (χ3v) is 4.96. The van der Waals surface area contributed by atoms with Crippen LogP contribution in [0.4, 0.5) is 0 Å². The molecule has 0 aliphatic carbocycles. The molecule has 0 aliphatic heterocycles. The number of sulfone groups is 1. The lowest BCUT2D eigenvalue weighted by atomic mass is 10.1. The smallest absolute Gasteiger partial charge is 0.197 e. The lowest BCUT2D eigenvalue weighted by Crippen LogP contribution is -2.26. The van der Waals surface area contributed by atoms with Crippen molar-refractivity contribution in [2.24, 2.45) is 0 Å². The third kappa shape index (κ3) is 3.20. The summed E-state index contributed by atoms with van der Waals surface area (Å²) in [5.41, 5.74) is 0.253. The zero-order valence-electron chi connectivity index (χ0n) is 9.51. The Morgan fingerprint density at radius 2 is 1.88 bits per heavy atom. The number of hydrogen-bond donors (Lipinski definition) is 0. The van der Waals surface area contributed by atoms with E-state index >= 15 is 0 Å². The first-order chi connectivity index (χ1) is 7.92. The molecule has 17 heavy (non-hydrogen) atoms. The SMILES string of the molecule is CCS(=O)(=O)[C@H](Cl)C(=O)c1ccc(OC)cc1. The fourth-order valence-corrected chi connectivity index (χ4v) is 2.45. The van der Waals surface area contributed by atoms with E-state index in [2.05, 4.69) is 0 Å². The Morgan fingerprint density at radius 3 is 2.29 bits per heavy atom. The summed E-state index contributed by atoms with van der Waals surface area (Å²) in [7, 11) is -2.07. The Morgan fingerprint density at radius 1 is 1.35 bits per heavy atom. The number of methoxy groups -OCH3 is 1. The zero-order chi connectivity index (χ0) is 13.1. The predicted octanol–water partition coefficient (Wildman–Crippen LogP) is 1.88. The minimum Gasteiger partial charge on any atom is -0.497 e. The number of halogens is 1. The fraction of sp³-hybridized carbons (Fsp3) is 0.364. The molecule has 0 unspecified atom stereocenters. The third-order valence-electron chi connectivity index (χ3n) is 2.30. The van der Waals surface area contributed by atoms with Crippen LogP contribution in [0.2, 0.25) is 0 Å². The van der Waals surface area contributed by atoms with Gasteiger partial charge in [0.15, 0.2) is 20.3 Å². The maximum atomic E-state index is 11.8. The Bertz CT molecular complexity index is 493. The summed E-state index contributed by atoms with van der Waals surface area (Å²) in [6, 6.07) is 6.13. The van der Waals surface area contributed by atoms with Gasteiger partial charge in [-0.15, -0.1) is 0 Å².